The predicted molar refractivity (Wildman–Crippen MR) is 117 cm³/mol. The van der Waals surface area contributed by atoms with E-state index in [0.717, 1.165) is 27.8 Å². The van der Waals surface area contributed by atoms with Gasteiger partial charge in [0.05, 0.1) is 18.7 Å². The van der Waals surface area contributed by atoms with Crippen LogP contribution in [-0.4, -0.2) is 29.8 Å². The monoisotopic (exact) mass is 412 g/mol. The van der Waals surface area contributed by atoms with E-state index in [4.69, 9.17) is 4.74 Å². The zero-order valence-corrected chi connectivity index (χ0v) is 17.7. The van der Waals surface area contributed by atoms with E-state index in [1.165, 1.54) is 10.5 Å². The number of nitrogens with one attached hydrogen (secondary N) is 1. The Bertz CT molecular complexity index is 890. The Morgan fingerprint density at radius 2 is 1.89 bits per heavy atom. The molecule has 28 heavy (non-hydrogen) atoms. The summed E-state index contributed by atoms with van der Waals surface area (Å²) in [6.45, 7) is 5.34. The van der Waals surface area contributed by atoms with Crippen LogP contribution in [0, 0.1) is 6.92 Å². The van der Waals surface area contributed by atoms with Gasteiger partial charge in [0.25, 0.3) is 0 Å². The van der Waals surface area contributed by atoms with Crippen LogP contribution >= 0.6 is 23.1 Å². The average molecular weight is 413 g/mol. The van der Waals surface area contributed by atoms with E-state index in [-0.39, 0.29) is 5.91 Å². The largest absolute Gasteiger partial charge is 0.494 e. The minimum Gasteiger partial charge on any atom is -0.494 e. The fourth-order valence-electron chi connectivity index (χ4n) is 2.60. The number of thiazole rings is 1. The summed E-state index contributed by atoms with van der Waals surface area (Å²) in [5.74, 6) is 1.71. The number of benzene rings is 2. The summed E-state index contributed by atoms with van der Waals surface area (Å²) in [4.78, 5) is 18.0. The number of thioether (sulfide) groups is 1. The second-order valence-corrected chi connectivity index (χ2v) is 8.32. The van der Waals surface area contributed by atoms with Crippen LogP contribution in [0.5, 0.6) is 5.75 Å². The van der Waals surface area contributed by atoms with E-state index in [1.807, 2.05) is 36.6 Å². The highest BCUT2D eigenvalue weighted by Crippen LogP contribution is 2.26. The van der Waals surface area contributed by atoms with Crippen LogP contribution in [0.2, 0.25) is 0 Å². The number of nitrogens with zero attached hydrogens (tertiary/aromatic N) is 1. The van der Waals surface area contributed by atoms with E-state index in [0.29, 0.717) is 19.6 Å². The number of rotatable bonds is 9. The predicted octanol–water partition coefficient (Wildman–Crippen LogP) is 4.97. The maximum absolute atomic E-state index is 12.2. The number of ether oxygens (including phenoxy) is 1. The van der Waals surface area contributed by atoms with Crippen molar-refractivity contribution in [1.82, 2.24) is 10.3 Å². The topological polar surface area (TPSA) is 51.2 Å². The summed E-state index contributed by atoms with van der Waals surface area (Å²) in [5.41, 5.74) is 3.10. The number of hydrogen-bond acceptors (Lipinski definition) is 5. The Hall–Kier alpha value is -2.31. The van der Waals surface area contributed by atoms with Crippen molar-refractivity contribution in [2.75, 3.05) is 18.9 Å². The van der Waals surface area contributed by atoms with Gasteiger partial charge in [-0.15, -0.1) is 23.1 Å². The lowest BCUT2D eigenvalue weighted by Crippen LogP contribution is -2.27. The molecule has 0 spiro atoms. The third-order valence-corrected chi connectivity index (χ3v) is 5.97. The molecule has 3 aromatic rings. The maximum Gasteiger partial charge on any atom is 0.226 e. The van der Waals surface area contributed by atoms with Crippen molar-refractivity contribution in [1.29, 1.82) is 0 Å². The van der Waals surface area contributed by atoms with Crippen LogP contribution in [0.3, 0.4) is 0 Å². The smallest absolute Gasteiger partial charge is 0.226 e. The van der Waals surface area contributed by atoms with Crippen LogP contribution in [0.15, 0.2) is 58.8 Å². The van der Waals surface area contributed by atoms with Gasteiger partial charge in [-0.3, -0.25) is 4.79 Å². The lowest BCUT2D eigenvalue weighted by molar-refractivity contribution is -0.120. The summed E-state index contributed by atoms with van der Waals surface area (Å²) >= 11 is 3.30. The molecular formula is C22H24N2O2S2. The van der Waals surface area contributed by atoms with Gasteiger partial charge in [-0.1, -0.05) is 17.7 Å². The fraction of sp³-hybridized carbons (Fsp3) is 0.273. The highest BCUT2D eigenvalue weighted by atomic mass is 32.2. The molecule has 1 aromatic heterocycles. The van der Waals surface area contributed by atoms with Gasteiger partial charge in [-0.2, -0.15) is 0 Å². The van der Waals surface area contributed by atoms with Gasteiger partial charge in [0.15, 0.2) is 0 Å². The molecule has 0 saturated heterocycles. The lowest BCUT2D eigenvalue weighted by atomic mass is 10.2. The Balaban J connectivity index is 1.43. The standard InChI is InChI=1S/C22H24N2O2S2/c1-3-26-19-8-6-17(7-9-19)22-24-18(15-28-22)14-21(25)23-12-13-27-20-10-4-16(2)5-11-20/h4-11,15H,3,12-14H2,1-2H3,(H,23,25). The minimum absolute atomic E-state index is 0.00745. The molecular weight excluding hydrogens is 388 g/mol. The maximum atomic E-state index is 12.2. The minimum atomic E-state index is 0.00745. The van der Waals surface area contributed by atoms with Crippen molar-refractivity contribution in [3.8, 4) is 16.3 Å². The first-order valence-corrected chi connectivity index (χ1v) is 11.1. The molecule has 1 N–H and O–H groups in total. The Kier molecular flexibility index (Phi) is 7.51. The van der Waals surface area contributed by atoms with Gasteiger partial charge in [-0.05, 0) is 50.2 Å². The van der Waals surface area contributed by atoms with Crippen molar-refractivity contribution < 1.29 is 9.53 Å². The zero-order valence-electron chi connectivity index (χ0n) is 16.1. The molecule has 1 heterocycles. The third-order valence-electron chi connectivity index (χ3n) is 4.02. The van der Waals surface area contributed by atoms with Crippen LogP contribution in [0.25, 0.3) is 10.6 Å². The molecule has 146 valence electrons. The average Bonchev–Trinajstić information content (AvgIpc) is 3.16. The lowest BCUT2D eigenvalue weighted by Gasteiger charge is -2.05. The van der Waals surface area contributed by atoms with Crippen molar-refractivity contribution in [2.24, 2.45) is 0 Å². The number of aryl methyl sites for hydroxylation is 1. The summed E-state index contributed by atoms with van der Waals surface area (Å²) in [5, 5.41) is 5.84. The number of carbonyl (C=O) groups excluding carboxylic acids is 1. The molecule has 0 saturated carbocycles. The number of amides is 1. The molecule has 0 radical (unpaired) electrons. The van der Waals surface area contributed by atoms with Crippen molar-refractivity contribution in [3.63, 3.8) is 0 Å². The Labute approximate surface area is 174 Å². The molecule has 0 aliphatic carbocycles. The number of aromatic nitrogens is 1. The quantitative estimate of drug-likeness (QED) is 0.398. The first-order chi connectivity index (χ1) is 13.6. The fourth-order valence-corrected chi connectivity index (χ4v) is 4.20. The highest BCUT2D eigenvalue weighted by molar-refractivity contribution is 7.99. The molecule has 1 amide bonds. The van der Waals surface area contributed by atoms with Gasteiger partial charge < -0.3 is 10.1 Å². The molecule has 0 aliphatic rings. The molecule has 0 unspecified atom stereocenters. The second kappa shape index (κ2) is 10.3. The van der Waals surface area contributed by atoms with Gasteiger partial charge in [0.1, 0.15) is 10.8 Å². The Morgan fingerprint density at radius 3 is 2.61 bits per heavy atom. The van der Waals surface area contributed by atoms with Crippen LogP contribution in [0.4, 0.5) is 0 Å². The summed E-state index contributed by atoms with van der Waals surface area (Å²) in [6.07, 6.45) is 0.308. The van der Waals surface area contributed by atoms with Gasteiger partial charge in [0.2, 0.25) is 5.91 Å². The third kappa shape index (κ3) is 6.11. The summed E-state index contributed by atoms with van der Waals surface area (Å²) < 4.78 is 5.46. The normalized spacial score (nSPS) is 10.6. The molecule has 6 heteroatoms. The molecule has 4 nitrogen and oxygen atoms in total. The summed E-state index contributed by atoms with van der Waals surface area (Å²) in [6, 6.07) is 16.3. The van der Waals surface area contributed by atoms with E-state index in [2.05, 4.69) is 41.5 Å². The first-order valence-electron chi connectivity index (χ1n) is 9.28. The summed E-state index contributed by atoms with van der Waals surface area (Å²) in [7, 11) is 0. The second-order valence-electron chi connectivity index (χ2n) is 6.29. The van der Waals surface area contributed by atoms with E-state index < -0.39 is 0 Å². The molecule has 0 atom stereocenters. The zero-order chi connectivity index (χ0) is 19.8. The van der Waals surface area contributed by atoms with E-state index in [9.17, 15) is 4.79 Å². The van der Waals surface area contributed by atoms with Crippen molar-refractivity contribution in [3.05, 3.63) is 65.2 Å². The van der Waals surface area contributed by atoms with Gasteiger partial charge >= 0.3 is 0 Å². The van der Waals surface area contributed by atoms with Crippen molar-refractivity contribution in [2.45, 2.75) is 25.2 Å². The van der Waals surface area contributed by atoms with E-state index >= 15 is 0 Å². The van der Waals surface area contributed by atoms with E-state index in [1.54, 1.807) is 23.1 Å². The van der Waals surface area contributed by atoms with Gasteiger partial charge in [-0.25, -0.2) is 4.98 Å². The SMILES string of the molecule is CCOc1ccc(-c2nc(CC(=O)NCCSc3ccc(C)cc3)cs2)cc1. The Morgan fingerprint density at radius 1 is 1.14 bits per heavy atom. The van der Waals surface area contributed by atoms with Gasteiger partial charge in [0, 0.05) is 28.1 Å². The van der Waals surface area contributed by atoms with Crippen LogP contribution in [-0.2, 0) is 11.2 Å². The number of hydrogen-bond donors (Lipinski definition) is 1. The molecule has 3 rings (SSSR count). The highest BCUT2D eigenvalue weighted by Gasteiger charge is 2.09. The number of carbonyl (C=O) groups is 1. The van der Waals surface area contributed by atoms with Crippen LogP contribution in [0.1, 0.15) is 18.2 Å². The van der Waals surface area contributed by atoms with Crippen LogP contribution < -0.4 is 10.1 Å². The molecule has 0 bridgehead atoms. The van der Waals surface area contributed by atoms with Crippen molar-refractivity contribution >= 4 is 29.0 Å². The molecule has 0 fully saturated rings. The molecule has 2 aromatic carbocycles. The first kappa shape index (κ1) is 20.4. The molecule has 0 aliphatic heterocycles.